The highest BCUT2D eigenvalue weighted by Gasteiger charge is 2.12. The topological polar surface area (TPSA) is 37.3 Å². The maximum absolute atomic E-state index is 10.7. The summed E-state index contributed by atoms with van der Waals surface area (Å²) in [4.78, 5) is 10.7. The van der Waals surface area contributed by atoms with E-state index < -0.39 is 5.97 Å². The molecule has 76 valence electrons. The van der Waals surface area contributed by atoms with Crippen LogP contribution in [0.4, 0.5) is 0 Å². The van der Waals surface area contributed by atoms with Crippen LogP contribution in [0.5, 0.6) is 0 Å². The molecule has 0 saturated heterocycles. The molecule has 0 aromatic rings. The SMILES string of the molecule is CC/C(C)=C\CCC(CC)C(=O)O. The summed E-state index contributed by atoms with van der Waals surface area (Å²) in [5, 5.41) is 8.77. The predicted molar refractivity (Wildman–Crippen MR) is 54.7 cm³/mol. The molecule has 1 unspecified atom stereocenters. The number of rotatable bonds is 6. The number of carbonyl (C=O) groups is 1. The van der Waals surface area contributed by atoms with Gasteiger partial charge in [0, 0.05) is 0 Å². The van der Waals surface area contributed by atoms with E-state index >= 15 is 0 Å². The average molecular weight is 184 g/mol. The van der Waals surface area contributed by atoms with Crippen molar-refractivity contribution in [3.05, 3.63) is 11.6 Å². The highest BCUT2D eigenvalue weighted by molar-refractivity contribution is 5.69. The fraction of sp³-hybridized carbons (Fsp3) is 0.727. The first-order chi connectivity index (χ1) is 6.11. The molecule has 0 radical (unpaired) electrons. The molecule has 1 atom stereocenters. The van der Waals surface area contributed by atoms with Crippen LogP contribution >= 0.6 is 0 Å². The number of carboxylic acids is 1. The zero-order valence-corrected chi connectivity index (χ0v) is 8.84. The van der Waals surface area contributed by atoms with Crippen molar-refractivity contribution in [1.29, 1.82) is 0 Å². The molecule has 0 aliphatic carbocycles. The van der Waals surface area contributed by atoms with Gasteiger partial charge >= 0.3 is 5.97 Å². The van der Waals surface area contributed by atoms with E-state index in [1.807, 2.05) is 6.92 Å². The van der Waals surface area contributed by atoms with E-state index in [0.29, 0.717) is 0 Å². The molecule has 0 aliphatic heterocycles. The summed E-state index contributed by atoms with van der Waals surface area (Å²) in [6.07, 6.45) is 5.59. The standard InChI is InChI=1S/C11H20O2/c1-4-9(3)7-6-8-10(5-2)11(12)13/h7,10H,4-6,8H2,1-3H3,(H,12,13)/b9-7-. The van der Waals surface area contributed by atoms with Gasteiger partial charge in [0.25, 0.3) is 0 Å². The molecular formula is C11H20O2. The molecule has 0 spiro atoms. The van der Waals surface area contributed by atoms with Crippen molar-refractivity contribution < 1.29 is 9.90 Å². The van der Waals surface area contributed by atoms with Crippen LogP contribution < -0.4 is 0 Å². The highest BCUT2D eigenvalue weighted by Crippen LogP contribution is 2.13. The Morgan fingerprint density at radius 1 is 1.46 bits per heavy atom. The van der Waals surface area contributed by atoms with Gasteiger partial charge in [-0.3, -0.25) is 4.79 Å². The average Bonchev–Trinajstić information content (AvgIpc) is 2.11. The lowest BCUT2D eigenvalue weighted by atomic mass is 10.00. The molecule has 2 nitrogen and oxygen atoms in total. The van der Waals surface area contributed by atoms with Crippen molar-refractivity contribution in [1.82, 2.24) is 0 Å². The summed E-state index contributed by atoms with van der Waals surface area (Å²) in [7, 11) is 0. The number of allylic oxidation sites excluding steroid dienone is 2. The van der Waals surface area contributed by atoms with Crippen LogP contribution in [0.1, 0.15) is 46.5 Å². The van der Waals surface area contributed by atoms with Gasteiger partial charge in [-0.1, -0.05) is 25.5 Å². The second kappa shape index (κ2) is 6.70. The summed E-state index contributed by atoms with van der Waals surface area (Å²) in [6, 6.07) is 0. The molecule has 2 heteroatoms. The lowest BCUT2D eigenvalue weighted by Gasteiger charge is -2.07. The molecule has 0 amide bonds. The first-order valence-electron chi connectivity index (χ1n) is 5.00. The van der Waals surface area contributed by atoms with Crippen molar-refractivity contribution in [2.45, 2.75) is 46.5 Å². The maximum Gasteiger partial charge on any atom is 0.306 e. The maximum atomic E-state index is 10.7. The third-order valence-corrected chi connectivity index (χ3v) is 2.41. The molecule has 1 N–H and O–H groups in total. The summed E-state index contributed by atoms with van der Waals surface area (Å²) >= 11 is 0. The van der Waals surface area contributed by atoms with Gasteiger partial charge in [0.15, 0.2) is 0 Å². The van der Waals surface area contributed by atoms with E-state index in [1.165, 1.54) is 5.57 Å². The first kappa shape index (κ1) is 12.2. The number of hydrogen-bond donors (Lipinski definition) is 1. The van der Waals surface area contributed by atoms with Gasteiger partial charge in [-0.25, -0.2) is 0 Å². The Balaban J connectivity index is 3.79. The van der Waals surface area contributed by atoms with Crippen molar-refractivity contribution in [3.63, 3.8) is 0 Å². The highest BCUT2D eigenvalue weighted by atomic mass is 16.4. The quantitative estimate of drug-likeness (QED) is 0.643. The van der Waals surface area contributed by atoms with Gasteiger partial charge in [0.2, 0.25) is 0 Å². The van der Waals surface area contributed by atoms with Crippen LogP contribution in [0.25, 0.3) is 0 Å². The Kier molecular flexibility index (Phi) is 6.29. The first-order valence-corrected chi connectivity index (χ1v) is 5.00. The van der Waals surface area contributed by atoms with Gasteiger partial charge in [-0.2, -0.15) is 0 Å². The Labute approximate surface area is 80.7 Å². The summed E-state index contributed by atoms with van der Waals surface area (Å²) in [6.45, 7) is 6.12. The summed E-state index contributed by atoms with van der Waals surface area (Å²) in [5.41, 5.74) is 1.35. The Bertz CT molecular complexity index is 183. The van der Waals surface area contributed by atoms with Gasteiger partial charge < -0.3 is 5.11 Å². The largest absolute Gasteiger partial charge is 0.481 e. The van der Waals surface area contributed by atoms with E-state index in [4.69, 9.17) is 5.11 Å². The molecule has 0 fully saturated rings. The van der Waals surface area contributed by atoms with Crippen molar-refractivity contribution in [3.8, 4) is 0 Å². The minimum atomic E-state index is -0.662. The van der Waals surface area contributed by atoms with E-state index in [0.717, 1.165) is 25.7 Å². The smallest absolute Gasteiger partial charge is 0.306 e. The molecule has 0 aliphatic rings. The van der Waals surface area contributed by atoms with Crippen LogP contribution in [0.2, 0.25) is 0 Å². The summed E-state index contributed by atoms with van der Waals surface area (Å²) < 4.78 is 0. The normalized spacial score (nSPS) is 14.2. The van der Waals surface area contributed by atoms with Crippen LogP contribution in [0, 0.1) is 5.92 Å². The van der Waals surface area contributed by atoms with Crippen LogP contribution in [0.15, 0.2) is 11.6 Å². The van der Waals surface area contributed by atoms with Gasteiger partial charge in [-0.05, 0) is 32.6 Å². The summed E-state index contributed by atoms with van der Waals surface area (Å²) in [5.74, 6) is -0.828. The lowest BCUT2D eigenvalue weighted by molar-refractivity contribution is -0.142. The fourth-order valence-corrected chi connectivity index (χ4v) is 1.18. The van der Waals surface area contributed by atoms with Crippen molar-refractivity contribution in [2.24, 2.45) is 5.92 Å². The van der Waals surface area contributed by atoms with Crippen LogP contribution in [-0.2, 0) is 4.79 Å². The van der Waals surface area contributed by atoms with Crippen LogP contribution in [-0.4, -0.2) is 11.1 Å². The molecule has 0 bridgehead atoms. The number of carboxylic acid groups (broad SMARTS) is 1. The predicted octanol–water partition coefficient (Wildman–Crippen LogP) is 3.23. The molecule has 0 aromatic heterocycles. The van der Waals surface area contributed by atoms with E-state index in [2.05, 4.69) is 19.9 Å². The second-order valence-electron chi connectivity index (χ2n) is 3.42. The molecular weight excluding hydrogens is 164 g/mol. The molecule has 13 heavy (non-hydrogen) atoms. The van der Waals surface area contributed by atoms with E-state index in [1.54, 1.807) is 0 Å². The third kappa shape index (κ3) is 5.45. The minimum absolute atomic E-state index is 0.166. The van der Waals surface area contributed by atoms with Crippen LogP contribution in [0.3, 0.4) is 0 Å². The van der Waals surface area contributed by atoms with Gasteiger partial charge in [0.05, 0.1) is 5.92 Å². The minimum Gasteiger partial charge on any atom is -0.481 e. The molecule has 0 heterocycles. The van der Waals surface area contributed by atoms with Gasteiger partial charge in [0.1, 0.15) is 0 Å². The lowest BCUT2D eigenvalue weighted by Crippen LogP contribution is -2.11. The van der Waals surface area contributed by atoms with Crippen molar-refractivity contribution in [2.75, 3.05) is 0 Å². The molecule has 0 aromatic carbocycles. The second-order valence-corrected chi connectivity index (χ2v) is 3.42. The zero-order valence-electron chi connectivity index (χ0n) is 8.84. The fourth-order valence-electron chi connectivity index (χ4n) is 1.18. The molecule has 0 saturated carbocycles. The Hall–Kier alpha value is -0.790. The van der Waals surface area contributed by atoms with E-state index in [9.17, 15) is 4.79 Å². The van der Waals surface area contributed by atoms with Crippen molar-refractivity contribution >= 4 is 5.97 Å². The third-order valence-electron chi connectivity index (χ3n) is 2.41. The Morgan fingerprint density at radius 2 is 2.08 bits per heavy atom. The zero-order chi connectivity index (χ0) is 10.3. The number of aliphatic carboxylic acids is 1. The van der Waals surface area contributed by atoms with Gasteiger partial charge in [-0.15, -0.1) is 0 Å². The number of hydrogen-bond acceptors (Lipinski definition) is 1. The monoisotopic (exact) mass is 184 g/mol. The van der Waals surface area contributed by atoms with E-state index in [-0.39, 0.29) is 5.92 Å². The molecule has 0 rings (SSSR count). The Morgan fingerprint density at radius 3 is 2.46 bits per heavy atom.